The Bertz CT molecular complexity index is 745. The maximum absolute atomic E-state index is 5.48. The molecule has 0 bridgehead atoms. The van der Waals surface area contributed by atoms with Gasteiger partial charge in [0.1, 0.15) is 5.82 Å². The zero-order valence-corrected chi connectivity index (χ0v) is 12.9. The Morgan fingerprint density at radius 1 is 1.17 bits per heavy atom. The number of rotatable bonds is 5. The summed E-state index contributed by atoms with van der Waals surface area (Å²) in [7, 11) is 0. The van der Waals surface area contributed by atoms with Gasteiger partial charge in [0, 0.05) is 24.9 Å². The van der Waals surface area contributed by atoms with Gasteiger partial charge in [-0.25, -0.2) is 14.6 Å². The van der Waals surface area contributed by atoms with Crippen LogP contribution in [0.1, 0.15) is 29.6 Å². The Morgan fingerprint density at radius 3 is 2.83 bits per heavy atom. The van der Waals surface area contributed by atoms with Crippen molar-refractivity contribution in [1.29, 1.82) is 0 Å². The van der Waals surface area contributed by atoms with Crippen LogP contribution in [0.5, 0.6) is 0 Å². The monoisotopic (exact) mass is 309 g/mol. The van der Waals surface area contributed by atoms with Crippen molar-refractivity contribution in [3.8, 4) is 0 Å². The largest absolute Gasteiger partial charge is 0.381 e. The van der Waals surface area contributed by atoms with Gasteiger partial charge in [0.05, 0.1) is 26.0 Å². The number of nitrogens with zero attached hydrogens (tertiary/aromatic N) is 5. The van der Waals surface area contributed by atoms with Crippen LogP contribution in [0.25, 0.3) is 0 Å². The van der Waals surface area contributed by atoms with E-state index in [0.717, 1.165) is 37.8 Å². The minimum atomic E-state index is 0.313. The molecule has 0 radical (unpaired) electrons. The average molecular weight is 309 g/mol. The van der Waals surface area contributed by atoms with E-state index in [1.165, 1.54) is 5.56 Å². The summed E-state index contributed by atoms with van der Waals surface area (Å²) in [5, 5.41) is 4.76. The Labute approximate surface area is 134 Å². The standard InChI is InChI=1S/C17H19N5O/c1-2-4-14(5-3-1)10-22-16(11-21-8-7-18-13-21)19-17(20-22)15-6-9-23-12-15/h1-5,7-8,13,15H,6,9-12H2/t15-/m1/s1. The third-order valence-corrected chi connectivity index (χ3v) is 4.12. The van der Waals surface area contributed by atoms with E-state index in [-0.39, 0.29) is 0 Å². The molecule has 0 unspecified atom stereocenters. The minimum Gasteiger partial charge on any atom is -0.381 e. The molecule has 1 saturated heterocycles. The van der Waals surface area contributed by atoms with Gasteiger partial charge >= 0.3 is 0 Å². The first kappa shape index (κ1) is 14.1. The summed E-state index contributed by atoms with van der Waals surface area (Å²) in [6, 6.07) is 10.3. The fourth-order valence-electron chi connectivity index (χ4n) is 2.85. The van der Waals surface area contributed by atoms with Gasteiger partial charge in [-0.1, -0.05) is 30.3 Å². The molecule has 0 N–H and O–H groups in total. The summed E-state index contributed by atoms with van der Waals surface area (Å²) < 4.78 is 9.50. The highest BCUT2D eigenvalue weighted by Gasteiger charge is 2.23. The normalized spacial score (nSPS) is 17.7. The van der Waals surface area contributed by atoms with Crippen molar-refractivity contribution in [2.24, 2.45) is 0 Å². The van der Waals surface area contributed by atoms with Crippen LogP contribution in [0.15, 0.2) is 49.1 Å². The van der Waals surface area contributed by atoms with Gasteiger partial charge in [0.2, 0.25) is 0 Å². The molecular formula is C17H19N5O. The van der Waals surface area contributed by atoms with Crippen LogP contribution >= 0.6 is 0 Å². The highest BCUT2D eigenvalue weighted by atomic mass is 16.5. The zero-order chi connectivity index (χ0) is 15.5. The van der Waals surface area contributed by atoms with Gasteiger partial charge < -0.3 is 9.30 Å². The van der Waals surface area contributed by atoms with Gasteiger partial charge in [-0.3, -0.25) is 0 Å². The van der Waals surface area contributed by atoms with Gasteiger partial charge in [0.15, 0.2) is 5.82 Å². The highest BCUT2D eigenvalue weighted by Crippen LogP contribution is 2.23. The van der Waals surface area contributed by atoms with Crippen molar-refractivity contribution < 1.29 is 4.74 Å². The van der Waals surface area contributed by atoms with E-state index in [2.05, 4.69) is 17.1 Å². The van der Waals surface area contributed by atoms with E-state index < -0.39 is 0 Å². The SMILES string of the molecule is c1ccc(Cn2nc([C@@H]3CCOC3)nc2Cn2ccnc2)cc1. The van der Waals surface area contributed by atoms with Crippen LogP contribution in [-0.2, 0) is 17.8 Å². The molecule has 6 heteroatoms. The Morgan fingerprint density at radius 2 is 2.09 bits per heavy atom. The maximum Gasteiger partial charge on any atom is 0.156 e. The molecule has 1 aliphatic heterocycles. The zero-order valence-electron chi connectivity index (χ0n) is 12.9. The van der Waals surface area contributed by atoms with Crippen LogP contribution < -0.4 is 0 Å². The number of ether oxygens (including phenoxy) is 1. The molecule has 6 nitrogen and oxygen atoms in total. The van der Waals surface area contributed by atoms with Crippen molar-refractivity contribution in [3.05, 3.63) is 66.3 Å². The topological polar surface area (TPSA) is 57.8 Å². The molecule has 0 spiro atoms. The summed E-state index contributed by atoms with van der Waals surface area (Å²) in [6.07, 6.45) is 6.53. The van der Waals surface area contributed by atoms with Crippen molar-refractivity contribution in [2.45, 2.75) is 25.4 Å². The molecule has 4 rings (SSSR count). The molecule has 1 atom stereocenters. The lowest BCUT2D eigenvalue weighted by molar-refractivity contribution is 0.193. The molecular weight excluding hydrogens is 290 g/mol. The van der Waals surface area contributed by atoms with Gasteiger partial charge in [0.25, 0.3) is 0 Å². The second-order valence-electron chi connectivity index (χ2n) is 5.83. The first-order valence-electron chi connectivity index (χ1n) is 7.89. The second-order valence-corrected chi connectivity index (χ2v) is 5.83. The lowest BCUT2D eigenvalue weighted by Crippen LogP contribution is -2.10. The lowest BCUT2D eigenvalue weighted by Gasteiger charge is -2.06. The molecule has 118 valence electrons. The van der Waals surface area contributed by atoms with E-state index in [4.69, 9.17) is 14.8 Å². The summed E-state index contributed by atoms with van der Waals surface area (Å²) in [5.74, 6) is 2.16. The van der Waals surface area contributed by atoms with Crippen molar-refractivity contribution in [3.63, 3.8) is 0 Å². The van der Waals surface area contributed by atoms with Crippen LogP contribution in [0.4, 0.5) is 0 Å². The third kappa shape index (κ3) is 3.17. The number of hydrogen-bond donors (Lipinski definition) is 0. The molecule has 3 aromatic rings. The van der Waals surface area contributed by atoms with Crippen LogP contribution in [0, 0.1) is 0 Å². The van der Waals surface area contributed by atoms with E-state index in [1.54, 1.807) is 12.5 Å². The first-order valence-corrected chi connectivity index (χ1v) is 7.89. The first-order chi connectivity index (χ1) is 11.4. The molecule has 2 aromatic heterocycles. The Balaban J connectivity index is 1.63. The van der Waals surface area contributed by atoms with E-state index in [0.29, 0.717) is 12.5 Å². The molecule has 0 aliphatic carbocycles. The molecule has 1 aromatic carbocycles. The molecule has 3 heterocycles. The number of aromatic nitrogens is 5. The number of imidazole rings is 1. The summed E-state index contributed by atoms with van der Waals surface area (Å²) in [4.78, 5) is 8.89. The highest BCUT2D eigenvalue weighted by molar-refractivity contribution is 5.15. The summed E-state index contributed by atoms with van der Waals surface area (Å²) in [5.41, 5.74) is 1.22. The van der Waals surface area contributed by atoms with Crippen LogP contribution in [0.2, 0.25) is 0 Å². The van der Waals surface area contributed by atoms with E-state index >= 15 is 0 Å². The van der Waals surface area contributed by atoms with Crippen LogP contribution in [-0.4, -0.2) is 37.5 Å². The molecule has 1 aliphatic rings. The fraction of sp³-hybridized carbons (Fsp3) is 0.353. The van der Waals surface area contributed by atoms with Crippen molar-refractivity contribution in [2.75, 3.05) is 13.2 Å². The smallest absolute Gasteiger partial charge is 0.156 e. The molecule has 0 amide bonds. The molecule has 1 fully saturated rings. The predicted molar refractivity (Wildman–Crippen MR) is 85.1 cm³/mol. The molecule has 23 heavy (non-hydrogen) atoms. The molecule has 0 saturated carbocycles. The quantitative estimate of drug-likeness (QED) is 0.724. The van der Waals surface area contributed by atoms with Crippen molar-refractivity contribution in [1.82, 2.24) is 24.3 Å². The second kappa shape index (κ2) is 6.34. The van der Waals surface area contributed by atoms with Crippen LogP contribution in [0.3, 0.4) is 0 Å². The van der Waals surface area contributed by atoms with Gasteiger partial charge in [-0.05, 0) is 12.0 Å². The average Bonchev–Trinajstić information content (AvgIpc) is 3.31. The fourth-order valence-corrected chi connectivity index (χ4v) is 2.85. The Hall–Kier alpha value is -2.47. The van der Waals surface area contributed by atoms with Gasteiger partial charge in [-0.2, -0.15) is 5.10 Å². The van der Waals surface area contributed by atoms with Crippen molar-refractivity contribution >= 4 is 0 Å². The number of hydrogen-bond acceptors (Lipinski definition) is 4. The van der Waals surface area contributed by atoms with Gasteiger partial charge in [-0.15, -0.1) is 0 Å². The summed E-state index contributed by atoms with van der Waals surface area (Å²) in [6.45, 7) is 2.92. The van der Waals surface area contributed by atoms with E-state index in [9.17, 15) is 0 Å². The maximum atomic E-state index is 5.48. The third-order valence-electron chi connectivity index (χ3n) is 4.12. The van der Waals surface area contributed by atoms with E-state index in [1.807, 2.05) is 33.6 Å². The lowest BCUT2D eigenvalue weighted by atomic mass is 10.1. The summed E-state index contributed by atoms with van der Waals surface area (Å²) >= 11 is 0. The minimum absolute atomic E-state index is 0.313. The Kier molecular flexibility index (Phi) is 3.90. The number of benzene rings is 1. The predicted octanol–water partition coefficient (Wildman–Crippen LogP) is 2.08.